The zero-order valence-electron chi connectivity index (χ0n) is 10.0. The van der Waals surface area contributed by atoms with Crippen molar-refractivity contribution < 1.29 is 9.90 Å². The van der Waals surface area contributed by atoms with Crippen LogP contribution in [-0.4, -0.2) is 16.3 Å². The minimum absolute atomic E-state index is 0.118. The average Bonchev–Trinajstić information content (AvgIpc) is 2.15. The normalized spacial score (nSPS) is 13.6. The fourth-order valence-electron chi connectivity index (χ4n) is 1.52. The summed E-state index contributed by atoms with van der Waals surface area (Å²) in [5.41, 5.74) is 1.11. The first-order valence-electron chi connectivity index (χ1n) is 5.25. The molecular weight excluding hydrogens is 224 g/mol. The van der Waals surface area contributed by atoms with Crippen molar-refractivity contribution in [1.82, 2.24) is 0 Å². The summed E-state index contributed by atoms with van der Waals surface area (Å²) < 4.78 is 0. The van der Waals surface area contributed by atoms with Crippen molar-refractivity contribution in [2.75, 3.05) is 0 Å². The highest BCUT2D eigenvalue weighted by Gasteiger charge is 2.21. The van der Waals surface area contributed by atoms with Crippen LogP contribution in [-0.2, 0) is 5.41 Å². The fraction of sp³-hybridized carbons (Fsp3) is 0.462. The van der Waals surface area contributed by atoms with E-state index in [2.05, 4.69) is 0 Å². The molecule has 16 heavy (non-hydrogen) atoms. The summed E-state index contributed by atoms with van der Waals surface area (Å²) in [6, 6.07) is 4.87. The zero-order chi connectivity index (χ0) is 12.5. The van der Waals surface area contributed by atoms with E-state index in [1.54, 1.807) is 25.1 Å². The second-order valence-corrected chi connectivity index (χ2v) is 5.62. The number of carbonyl (C=O) groups excluding carboxylic acids is 1. The van der Waals surface area contributed by atoms with Crippen LogP contribution in [0.3, 0.4) is 0 Å². The van der Waals surface area contributed by atoms with Crippen molar-refractivity contribution in [3.05, 3.63) is 29.3 Å². The van der Waals surface area contributed by atoms with E-state index >= 15 is 0 Å². The number of rotatable bonds is 2. The number of ketones is 1. The summed E-state index contributed by atoms with van der Waals surface area (Å²) in [4.78, 5) is 11.7. The van der Waals surface area contributed by atoms with Gasteiger partial charge in [0, 0.05) is 5.56 Å². The number of carbonyl (C=O) groups is 1. The van der Waals surface area contributed by atoms with E-state index < -0.39 is 5.38 Å². The predicted molar refractivity (Wildman–Crippen MR) is 66.5 cm³/mol. The van der Waals surface area contributed by atoms with E-state index in [1.165, 1.54) is 0 Å². The van der Waals surface area contributed by atoms with Crippen LogP contribution in [0.1, 0.15) is 43.6 Å². The van der Waals surface area contributed by atoms with Crippen LogP contribution >= 0.6 is 11.6 Å². The second kappa shape index (κ2) is 4.46. The maximum absolute atomic E-state index is 11.7. The number of benzene rings is 1. The Morgan fingerprint density at radius 1 is 1.38 bits per heavy atom. The van der Waals surface area contributed by atoms with E-state index in [-0.39, 0.29) is 16.9 Å². The zero-order valence-corrected chi connectivity index (χ0v) is 10.8. The van der Waals surface area contributed by atoms with Crippen molar-refractivity contribution in [3.63, 3.8) is 0 Å². The molecule has 0 aliphatic heterocycles. The number of phenols is 1. The molecule has 1 aromatic rings. The largest absolute Gasteiger partial charge is 0.508 e. The Labute approximate surface area is 101 Å². The van der Waals surface area contributed by atoms with Gasteiger partial charge in [-0.1, -0.05) is 20.8 Å². The van der Waals surface area contributed by atoms with Gasteiger partial charge in [0.15, 0.2) is 5.78 Å². The quantitative estimate of drug-likeness (QED) is 0.635. The average molecular weight is 241 g/mol. The minimum Gasteiger partial charge on any atom is -0.508 e. The van der Waals surface area contributed by atoms with E-state index in [0.717, 1.165) is 5.56 Å². The number of aromatic hydroxyl groups is 1. The highest BCUT2D eigenvalue weighted by atomic mass is 35.5. The van der Waals surface area contributed by atoms with Crippen LogP contribution in [0.2, 0.25) is 0 Å². The summed E-state index contributed by atoms with van der Waals surface area (Å²) in [6.07, 6.45) is 0. The Bertz CT molecular complexity index is 403. The van der Waals surface area contributed by atoms with E-state index in [0.29, 0.717) is 5.56 Å². The molecule has 2 nitrogen and oxygen atoms in total. The molecule has 0 saturated heterocycles. The van der Waals surface area contributed by atoms with Gasteiger partial charge in [-0.3, -0.25) is 4.79 Å². The minimum atomic E-state index is -0.544. The fourth-order valence-corrected chi connectivity index (χ4v) is 1.65. The molecule has 3 heteroatoms. The molecule has 1 unspecified atom stereocenters. The van der Waals surface area contributed by atoms with Crippen molar-refractivity contribution in [1.29, 1.82) is 0 Å². The van der Waals surface area contributed by atoms with Crippen LogP contribution in [0.5, 0.6) is 5.75 Å². The lowest BCUT2D eigenvalue weighted by atomic mass is 9.85. The predicted octanol–water partition coefficient (Wildman–Crippen LogP) is 3.50. The molecule has 1 atom stereocenters. The van der Waals surface area contributed by atoms with Gasteiger partial charge in [0.05, 0.1) is 5.38 Å². The van der Waals surface area contributed by atoms with Crippen LogP contribution in [0.25, 0.3) is 0 Å². The van der Waals surface area contributed by atoms with Gasteiger partial charge in [-0.25, -0.2) is 0 Å². The number of hydrogen-bond acceptors (Lipinski definition) is 2. The molecule has 1 N–H and O–H groups in total. The van der Waals surface area contributed by atoms with Gasteiger partial charge in [0.2, 0.25) is 0 Å². The Kier molecular flexibility index (Phi) is 3.64. The molecule has 0 saturated carbocycles. The van der Waals surface area contributed by atoms with E-state index in [1.807, 2.05) is 20.8 Å². The van der Waals surface area contributed by atoms with E-state index in [4.69, 9.17) is 11.6 Å². The van der Waals surface area contributed by atoms with Gasteiger partial charge in [0.1, 0.15) is 5.75 Å². The van der Waals surface area contributed by atoms with Gasteiger partial charge in [0.25, 0.3) is 0 Å². The molecule has 0 aliphatic rings. The first-order chi connectivity index (χ1) is 7.23. The lowest BCUT2D eigenvalue weighted by Crippen LogP contribution is -2.15. The molecule has 0 bridgehead atoms. The van der Waals surface area contributed by atoms with E-state index in [9.17, 15) is 9.90 Å². The van der Waals surface area contributed by atoms with Crippen LogP contribution in [0, 0.1) is 0 Å². The Hall–Kier alpha value is -1.02. The molecule has 88 valence electrons. The van der Waals surface area contributed by atoms with Gasteiger partial charge in [-0.2, -0.15) is 0 Å². The van der Waals surface area contributed by atoms with Gasteiger partial charge >= 0.3 is 0 Å². The molecule has 0 spiro atoms. The lowest BCUT2D eigenvalue weighted by molar-refractivity contribution is 0.0991. The number of Topliss-reactive ketones (excluding diaryl/α,β-unsaturated/α-hetero) is 1. The summed E-state index contributed by atoms with van der Waals surface area (Å²) in [5, 5.41) is 9.20. The molecule has 0 amide bonds. The van der Waals surface area contributed by atoms with Crippen molar-refractivity contribution in [2.45, 2.75) is 38.5 Å². The topological polar surface area (TPSA) is 37.3 Å². The molecule has 1 aromatic carbocycles. The molecule has 0 radical (unpaired) electrons. The third-order valence-electron chi connectivity index (χ3n) is 2.45. The number of alkyl halides is 1. The van der Waals surface area contributed by atoms with Gasteiger partial charge in [-0.15, -0.1) is 11.6 Å². The standard InChI is InChI=1S/C13H17ClO2/c1-8(14)12(16)9-5-6-11(15)10(7-9)13(2,3)4/h5-8,15H,1-4H3. The second-order valence-electron chi connectivity index (χ2n) is 4.96. The highest BCUT2D eigenvalue weighted by Crippen LogP contribution is 2.31. The first-order valence-corrected chi connectivity index (χ1v) is 5.69. The van der Waals surface area contributed by atoms with Gasteiger partial charge in [-0.05, 0) is 36.1 Å². The number of hydrogen-bond donors (Lipinski definition) is 1. The highest BCUT2D eigenvalue weighted by molar-refractivity contribution is 6.33. The third-order valence-corrected chi connectivity index (χ3v) is 2.65. The van der Waals surface area contributed by atoms with Crippen molar-refractivity contribution in [2.24, 2.45) is 0 Å². The summed E-state index contributed by atoms with van der Waals surface area (Å²) in [5.74, 6) is 0.0958. The molecule has 0 aliphatic carbocycles. The molecule has 1 rings (SSSR count). The molecule has 0 aromatic heterocycles. The summed E-state index contributed by atoms with van der Waals surface area (Å²) >= 11 is 5.76. The summed E-state index contributed by atoms with van der Waals surface area (Å²) in [6.45, 7) is 7.61. The lowest BCUT2D eigenvalue weighted by Gasteiger charge is -2.21. The first kappa shape index (κ1) is 13.0. The maximum atomic E-state index is 11.7. The van der Waals surface area contributed by atoms with Gasteiger partial charge < -0.3 is 5.11 Å². The third kappa shape index (κ3) is 2.76. The van der Waals surface area contributed by atoms with Crippen LogP contribution < -0.4 is 0 Å². The smallest absolute Gasteiger partial charge is 0.180 e. The van der Waals surface area contributed by atoms with Crippen molar-refractivity contribution in [3.8, 4) is 5.75 Å². The molecule has 0 heterocycles. The SMILES string of the molecule is CC(Cl)C(=O)c1ccc(O)c(C(C)(C)C)c1. The van der Waals surface area contributed by atoms with Crippen LogP contribution in [0.4, 0.5) is 0 Å². The molecule has 0 fully saturated rings. The Morgan fingerprint density at radius 2 is 1.94 bits per heavy atom. The number of phenolic OH excluding ortho intramolecular Hbond substituents is 1. The number of halogens is 1. The Balaban J connectivity index is 3.23. The summed E-state index contributed by atoms with van der Waals surface area (Å²) in [7, 11) is 0. The monoisotopic (exact) mass is 240 g/mol. The van der Waals surface area contributed by atoms with Crippen LogP contribution in [0.15, 0.2) is 18.2 Å². The Morgan fingerprint density at radius 3 is 2.38 bits per heavy atom. The molecular formula is C13H17ClO2. The maximum Gasteiger partial charge on any atom is 0.180 e. The van der Waals surface area contributed by atoms with Crippen molar-refractivity contribution >= 4 is 17.4 Å².